The maximum absolute atomic E-state index is 11.0. The molecule has 1 spiro atoms. The number of hydrogen-bond donors (Lipinski definition) is 0. The topological polar surface area (TPSA) is 44.8 Å². The molecular formula is C10H14O4. The fourth-order valence-electron chi connectivity index (χ4n) is 2.65. The van der Waals surface area contributed by atoms with Gasteiger partial charge in [0.25, 0.3) is 0 Å². The zero-order valence-corrected chi connectivity index (χ0v) is 8.19. The summed E-state index contributed by atoms with van der Waals surface area (Å²) in [6.07, 6.45) is 3.22. The number of fused-ring (bicyclic) bond motifs is 1. The molecule has 4 nitrogen and oxygen atoms in total. The number of carbonyl (C=O) groups is 1. The highest BCUT2D eigenvalue weighted by atomic mass is 16.7. The molecule has 0 N–H and O–H groups in total. The Labute approximate surface area is 82.5 Å². The predicted molar refractivity (Wildman–Crippen MR) is 46.5 cm³/mol. The summed E-state index contributed by atoms with van der Waals surface area (Å²) in [5.41, 5.74) is 0. The van der Waals surface area contributed by atoms with Gasteiger partial charge in [0.2, 0.25) is 0 Å². The minimum atomic E-state index is -0.435. The summed E-state index contributed by atoms with van der Waals surface area (Å²) in [6.45, 7) is 2.05. The SMILES string of the molecule is C[C@@H]1CC[C@@]2(C[C@@H]3OC(=O)C[C@@H]3O2)O1. The number of esters is 1. The van der Waals surface area contributed by atoms with Crippen molar-refractivity contribution in [3.63, 3.8) is 0 Å². The van der Waals surface area contributed by atoms with Crippen molar-refractivity contribution in [1.29, 1.82) is 0 Å². The molecule has 4 atom stereocenters. The van der Waals surface area contributed by atoms with E-state index in [4.69, 9.17) is 14.2 Å². The molecular weight excluding hydrogens is 184 g/mol. The second kappa shape index (κ2) is 2.70. The van der Waals surface area contributed by atoms with Crippen LogP contribution in [0, 0.1) is 0 Å². The third kappa shape index (κ3) is 1.17. The van der Waals surface area contributed by atoms with E-state index < -0.39 is 5.79 Å². The summed E-state index contributed by atoms with van der Waals surface area (Å²) in [6, 6.07) is 0. The molecule has 0 radical (unpaired) electrons. The number of ether oxygens (including phenoxy) is 3. The van der Waals surface area contributed by atoms with Crippen molar-refractivity contribution in [1.82, 2.24) is 0 Å². The first-order chi connectivity index (χ1) is 6.67. The average molecular weight is 198 g/mol. The number of carbonyl (C=O) groups excluding carboxylic acids is 1. The molecule has 0 unspecified atom stereocenters. The monoisotopic (exact) mass is 198 g/mol. The third-order valence-corrected chi connectivity index (χ3v) is 3.29. The van der Waals surface area contributed by atoms with Gasteiger partial charge in [0.15, 0.2) is 5.79 Å². The smallest absolute Gasteiger partial charge is 0.308 e. The van der Waals surface area contributed by atoms with Crippen LogP contribution in [0.1, 0.15) is 32.6 Å². The van der Waals surface area contributed by atoms with E-state index in [1.165, 1.54) is 0 Å². The molecule has 3 heterocycles. The highest BCUT2D eigenvalue weighted by Gasteiger charge is 2.55. The third-order valence-electron chi connectivity index (χ3n) is 3.29. The lowest BCUT2D eigenvalue weighted by Crippen LogP contribution is -2.29. The predicted octanol–water partition coefficient (Wildman–Crippen LogP) is 0.986. The molecule has 0 bridgehead atoms. The highest BCUT2D eigenvalue weighted by Crippen LogP contribution is 2.45. The van der Waals surface area contributed by atoms with E-state index in [1.54, 1.807) is 0 Å². The Morgan fingerprint density at radius 3 is 2.86 bits per heavy atom. The van der Waals surface area contributed by atoms with E-state index in [2.05, 4.69) is 6.92 Å². The van der Waals surface area contributed by atoms with Crippen molar-refractivity contribution in [3.05, 3.63) is 0 Å². The summed E-state index contributed by atoms with van der Waals surface area (Å²) in [4.78, 5) is 11.0. The molecule has 0 aromatic rings. The van der Waals surface area contributed by atoms with Crippen LogP contribution in [0.3, 0.4) is 0 Å². The first-order valence-corrected chi connectivity index (χ1v) is 5.22. The Bertz CT molecular complexity index is 259. The minimum Gasteiger partial charge on any atom is -0.459 e. The van der Waals surface area contributed by atoms with Gasteiger partial charge in [0.05, 0.1) is 12.5 Å². The van der Waals surface area contributed by atoms with Crippen LogP contribution in [0.25, 0.3) is 0 Å². The van der Waals surface area contributed by atoms with Crippen LogP contribution >= 0.6 is 0 Å². The Morgan fingerprint density at radius 2 is 2.21 bits per heavy atom. The van der Waals surface area contributed by atoms with Crippen LogP contribution in [-0.4, -0.2) is 30.1 Å². The molecule has 3 fully saturated rings. The maximum Gasteiger partial charge on any atom is 0.308 e. The molecule has 0 amide bonds. The maximum atomic E-state index is 11.0. The van der Waals surface area contributed by atoms with E-state index >= 15 is 0 Å². The molecule has 0 aliphatic carbocycles. The lowest BCUT2D eigenvalue weighted by Gasteiger charge is -2.23. The summed E-state index contributed by atoms with van der Waals surface area (Å²) in [5, 5.41) is 0. The van der Waals surface area contributed by atoms with Gasteiger partial charge in [0.1, 0.15) is 12.2 Å². The van der Waals surface area contributed by atoms with Crippen molar-refractivity contribution in [2.24, 2.45) is 0 Å². The Kier molecular flexibility index (Phi) is 1.67. The molecule has 3 aliphatic rings. The normalized spacial score (nSPS) is 51.2. The van der Waals surface area contributed by atoms with Gasteiger partial charge in [-0.05, 0) is 13.3 Å². The van der Waals surface area contributed by atoms with Crippen LogP contribution < -0.4 is 0 Å². The van der Waals surface area contributed by atoms with Gasteiger partial charge in [-0.15, -0.1) is 0 Å². The van der Waals surface area contributed by atoms with Crippen LogP contribution in [-0.2, 0) is 19.0 Å². The minimum absolute atomic E-state index is 0.0622. The zero-order chi connectivity index (χ0) is 9.76. The lowest BCUT2D eigenvalue weighted by molar-refractivity contribution is -0.213. The zero-order valence-electron chi connectivity index (χ0n) is 8.19. The summed E-state index contributed by atoms with van der Waals surface area (Å²) in [5.74, 6) is -0.573. The van der Waals surface area contributed by atoms with Gasteiger partial charge in [0, 0.05) is 12.8 Å². The quantitative estimate of drug-likeness (QED) is 0.544. The highest BCUT2D eigenvalue weighted by molar-refractivity contribution is 5.72. The van der Waals surface area contributed by atoms with E-state index in [0.29, 0.717) is 12.8 Å². The van der Waals surface area contributed by atoms with Crippen LogP contribution in [0.15, 0.2) is 0 Å². The van der Waals surface area contributed by atoms with Crippen LogP contribution in [0.4, 0.5) is 0 Å². The van der Waals surface area contributed by atoms with Crippen molar-refractivity contribution >= 4 is 5.97 Å². The van der Waals surface area contributed by atoms with Gasteiger partial charge in [-0.1, -0.05) is 0 Å². The molecule has 14 heavy (non-hydrogen) atoms. The second-order valence-corrected chi connectivity index (χ2v) is 4.47. The van der Waals surface area contributed by atoms with Crippen LogP contribution in [0.5, 0.6) is 0 Å². The fraction of sp³-hybridized carbons (Fsp3) is 0.900. The van der Waals surface area contributed by atoms with E-state index in [-0.39, 0.29) is 24.3 Å². The van der Waals surface area contributed by atoms with Gasteiger partial charge >= 0.3 is 5.97 Å². The molecule has 4 heteroatoms. The van der Waals surface area contributed by atoms with E-state index in [9.17, 15) is 4.79 Å². The van der Waals surface area contributed by atoms with Gasteiger partial charge < -0.3 is 14.2 Å². The molecule has 78 valence electrons. The Hall–Kier alpha value is -0.610. The van der Waals surface area contributed by atoms with Crippen molar-refractivity contribution in [2.75, 3.05) is 0 Å². The van der Waals surface area contributed by atoms with Crippen molar-refractivity contribution < 1.29 is 19.0 Å². The Morgan fingerprint density at radius 1 is 1.36 bits per heavy atom. The van der Waals surface area contributed by atoms with Crippen molar-refractivity contribution in [3.8, 4) is 0 Å². The first-order valence-electron chi connectivity index (χ1n) is 5.22. The molecule has 0 aromatic heterocycles. The van der Waals surface area contributed by atoms with Gasteiger partial charge in [-0.25, -0.2) is 0 Å². The van der Waals surface area contributed by atoms with Crippen molar-refractivity contribution in [2.45, 2.75) is 56.7 Å². The number of rotatable bonds is 0. The van der Waals surface area contributed by atoms with Gasteiger partial charge in [-0.2, -0.15) is 0 Å². The molecule has 3 aliphatic heterocycles. The van der Waals surface area contributed by atoms with E-state index in [0.717, 1.165) is 12.8 Å². The lowest BCUT2D eigenvalue weighted by atomic mass is 10.1. The summed E-state index contributed by atoms with van der Waals surface area (Å²) in [7, 11) is 0. The van der Waals surface area contributed by atoms with E-state index in [1.807, 2.05) is 0 Å². The van der Waals surface area contributed by atoms with Crippen LogP contribution in [0.2, 0.25) is 0 Å². The number of hydrogen-bond acceptors (Lipinski definition) is 4. The summed E-state index contributed by atoms with van der Waals surface area (Å²) >= 11 is 0. The summed E-state index contributed by atoms with van der Waals surface area (Å²) < 4.78 is 16.7. The molecule has 0 saturated carbocycles. The second-order valence-electron chi connectivity index (χ2n) is 4.47. The largest absolute Gasteiger partial charge is 0.459 e. The molecule has 3 saturated heterocycles. The molecule has 3 rings (SSSR count). The first kappa shape index (κ1) is 8.68. The standard InChI is InChI=1S/C10H14O4/c1-6-2-3-10(13-6)5-8-7(14-10)4-9(11)12-8/h6-8H,2-5H2,1H3/t6-,7+,8+,10-/m1/s1. The Balaban J connectivity index is 1.74. The fourth-order valence-corrected chi connectivity index (χ4v) is 2.65. The molecule has 0 aromatic carbocycles. The average Bonchev–Trinajstić information content (AvgIpc) is 2.66. The van der Waals surface area contributed by atoms with Gasteiger partial charge in [-0.3, -0.25) is 4.79 Å².